The van der Waals surface area contributed by atoms with Gasteiger partial charge in [-0.2, -0.15) is 10.5 Å². The number of nitrogens with zero attached hydrogens (tertiary/aromatic N) is 2. The van der Waals surface area contributed by atoms with Crippen molar-refractivity contribution < 1.29 is 13.9 Å². The van der Waals surface area contributed by atoms with Crippen LogP contribution in [0.3, 0.4) is 0 Å². The van der Waals surface area contributed by atoms with Crippen molar-refractivity contribution in [3.8, 4) is 12.1 Å². The number of dihydropyridines is 1. The lowest BCUT2D eigenvalue weighted by atomic mass is 9.85. The van der Waals surface area contributed by atoms with Gasteiger partial charge in [-0.1, -0.05) is 0 Å². The van der Waals surface area contributed by atoms with E-state index in [2.05, 4.69) is 17.5 Å². The third-order valence-electron chi connectivity index (χ3n) is 3.39. The van der Waals surface area contributed by atoms with Crippen molar-refractivity contribution in [2.45, 2.75) is 33.3 Å². The summed E-state index contributed by atoms with van der Waals surface area (Å²) in [6.45, 7) is 4.91. The first-order valence-corrected chi connectivity index (χ1v) is 6.68. The van der Waals surface area contributed by atoms with Crippen LogP contribution in [0.2, 0.25) is 0 Å². The highest BCUT2D eigenvalue weighted by Crippen LogP contribution is 2.37. The van der Waals surface area contributed by atoms with Crippen molar-refractivity contribution in [3.05, 3.63) is 46.2 Å². The molecule has 1 aliphatic heterocycles. The minimum Gasteiger partial charge on any atom is -0.461 e. The monoisotopic (exact) mass is 297 g/mol. The van der Waals surface area contributed by atoms with E-state index in [9.17, 15) is 15.3 Å². The molecule has 22 heavy (non-hydrogen) atoms. The van der Waals surface area contributed by atoms with E-state index in [-0.39, 0.29) is 6.61 Å². The average molecular weight is 297 g/mol. The van der Waals surface area contributed by atoms with Crippen LogP contribution in [0, 0.1) is 22.7 Å². The molecule has 0 spiro atoms. The number of carbonyl (C=O) groups is 1. The second-order valence-corrected chi connectivity index (χ2v) is 4.94. The molecule has 0 saturated heterocycles. The van der Waals surface area contributed by atoms with Gasteiger partial charge in [0.25, 0.3) is 0 Å². The van der Waals surface area contributed by atoms with E-state index >= 15 is 0 Å². The number of hydrogen-bond acceptors (Lipinski definition) is 6. The zero-order chi connectivity index (χ0) is 16.3. The Morgan fingerprint density at radius 3 is 2.36 bits per heavy atom. The fourth-order valence-electron chi connectivity index (χ4n) is 2.37. The summed E-state index contributed by atoms with van der Waals surface area (Å²) in [6.07, 6.45) is 0. The highest BCUT2D eigenvalue weighted by molar-refractivity contribution is 5.65. The van der Waals surface area contributed by atoms with Crippen LogP contribution in [0.4, 0.5) is 0 Å². The van der Waals surface area contributed by atoms with Crippen LogP contribution in [0.1, 0.15) is 38.2 Å². The number of furan rings is 1. The van der Waals surface area contributed by atoms with Crippen molar-refractivity contribution in [1.29, 1.82) is 10.5 Å². The fourth-order valence-corrected chi connectivity index (χ4v) is 2.37. The number of esters is 1. The molecule has 112 valence electrons. The maximum Gasteiger partial charge on any atom is 0.303 e. The first-order chi connectivity index (χ1) is 10.5. The van der Waals surface area contributed by atoms with Crippen LogP contribution in [-0.4, -0.2) is 5.97 Å². The molecular weight excluding hydrogens is 282 g/mol. The van der Waals surface area contributed by atoms with Gasteiger partial charge in [0, 0.05) is 18.3 Å². The summed E-state index contributed by atoms with van der Waals surface area (Å²) >= 11 is 0. The van der Waals surface area contributed by atoms with Crippen molar-refractivity contribution in [2.24, 2.45) is 0 Å². The topological polar surface area (TPSA) is 99.0 Å². The summed E-state index contributed by atoms with van der Waals surface area (Å²) in [5, 5.41) is 21.8. The van der Waals surface area contributed by atoms with Gasteiger partial charge in [-0.3, -0.25) is 4.79 Å². The Hall–Kier alpha value is -2.99. The van der Waals surface area contributed by atoms with Gasteiger partial charge in [0.15, 0.2) is 0 Å². The maximum absolute atomic E-state index is 10.8. The van der Waals surface area contributed by atoms with Crippen LogP contribution in [0.25, 0.3) is 0 Å². The van der Waals surface area contributed by atoms with Gasteiger partial charge in [-0.25, -0.2) is 0 Å². The molecule has 0 aromatic carbocycles. The number of hydrogen-bond donors (Lipinski definition) is 1. The summed E-state index contributed by atoms with van der Waals surface area (Å²) < 4.78 is 10.5. The predicted octanol–water partition coefficient (Wildman–Crippen LogP) is 2.62. The SMILES string of the molecule is CC(=O)OCc1ccc(C2C(C#N)=C(C)NC(C)=C2C#N)o1. The van der Waals surface area contributed by atoms with Crippen LogP contribution in [-0.2, 0) is 16.1 Å². The van der Waals surface area contributed by atoms with E-state index in [4.69, 9.17) is 9.15 Å². The van der Waals surface area contributed by atoms with Crippen molar-refractivity contribution >= 4 is 5.97 Å². The molecule has 1 aromatic rings. The zero-order valence-corrected chi connectivity index (χ0v) is 12.6. The van der Waals surface area contributed by atoms with Crippen LogP contribution in [0.5, 0.6) is 0 Å². The molecule has 0 radical (unpaired) electrons. The second-order valence-electron chi connectivity index (χ2n) is 4.94. The minimum atomic E-state index is -0.540. The molecule has 0 amide bonds. The van der Waals surface area contributed by atoms with Crippen molar-refractivity contribution in [3.63, 3.8) is 0 Å². The number of allylic oxidation sites excluding steroid dienone is 4. The Balaban J connectivity index is 2.39. The predicted molar refractivity (Wildman–Crippen MR) is 76.7 cm³/mol. The van der Waals surface area contributed by atoms with E-state index in [1.54, 1.807) is 26.0 Å². The number of nitrogens with one attached hydrogen (secondary N) is 1. The number of rotatable bonds is 3. The Morgan fingerprint density at radius 2 is 1.86 bits per heavy atom. The second kappa shape index (κ2) is 6.19. The molecule has 1 aliphatic rings. The van der Waals surface area contributed by atoms with Gasteiger partial charge >= 0.3 is 5.97 Å². The van der Waals surface area contributed by atoms with Gasteiger partial charge in [-0.15, -0.1) is 0 Å². The van der Waals surface area contributed by atoms with Gasteiger partial charge in [-0.05, 0) is 26.0 Å². The molecule has 0 aliphatic carbocycles. The largest absolute Gasteiger partial charge is 0.461 e. The fraction of sp³-hybridized carbons (Fsp3) is 0.312. The summed E-state index contributed by atoms with van der Waals surface area (Å²) in [4.78, 5) is 10.8. The van der Waals surface area contributed by atoms with E-state index in [0.29, 0.717) is 34.1 Å². The van der Waals surface area contributed by atoms with Gasteiger partial charge in [0.2, 0.25) is 0 Å². The Bertz CT molecular complexity index is 720. The van der Waals surface area contributed by atoms with Crippen molar-refractivity contribution in [2.75, 3.05) is 0 Å². The third-order valence-corrected chi connectivity index (χ3v) is 3.39. The third kappa shape index (κ3) is 2.87. The first-order valence-electron chi connectivity index (χ1n) is 6.68. The van der Waals surface area contributed by atoms with E-state index in [1.807, 2.05) is 0 Å². The standard InChI is InChI=1S/C16H15N3O3/c1-9-13(6-17)16(14(7-18)10(2)19-9)15-5-4-12(22-15)8-21-11(3)20/h4-5,16,19H,8H2,1-3H3. The molecule has 6 nitrogen and oxygen atoms in total. The molecule has 1 N–H and O–H groups in total. The van der Waals surface area contributed by atoms with Crippen LogP contribution < -0.4 is 5.32 Å². The number of carbonyl (C=O) groups excluding carboxylic acids is 1. The molecule has 1 aromatic heterocycles. The molecular formula is C16H15N3O3. The first kappa shape index (κ1) is 15.4. The molecule has 6 heteroatoms. The lowest BCUT2D eigenvalue weighted by Gasteiger charge is -2.24. The van der Waals surface area contributed by atoms with E-state index in [1.165, 1.54) is 6.92 Å². The minimum absolute atomic E-state index is 0.0233. The Kier molecular flexibility index (Phi) is 4.33. The molecule has 0 saturated carbocycles. The quantitative estimate of drug-likeness (QED) is 0.861. The zero-order valence-electron chi connectivity index (χ0n) is 12.6. The molecule has 0 fully saturated rings. The Morgan fingerprint density at radius 1 is 1.27 bits per heavy atom. The lowest BCUT2D eigenvalue weighted by Crippen LogP contribution is -2.23. The van der Waals surface area contributed by atoms with Gasteiger partial charge in [0.05, 0.1) is 29.2 Å². The Labute approximate surface area is 128 Å². The van der Waals surface area contributed by atoms with E-state index in [0.717, 1.165) is 0 Å². The highest BCUT2D eigenvalue weighted by Gasteiger charge is 2.31. The summed E-state index contributed by atoms with van der Waals surface area (Å²) in [5.74, 6) is 0.00752. The average Bonchev–Trinajstić information content (AvgIpc) is 2.93. The maximum atomic E-state index is 10.8. The van der Waals surface area contributed by atoms with Crippen LogP contribution in [0.15, 0.2) is 39.1 Å². The van der Waals surface area contributed by atoms with Crippen molar-refractivity contribution in [1.82, 2.24) is 5.32 Å². The molecule has 0 bridgehead atoms. The van der Waals surface area contributed by atoms with Crippen LogP contribution >= 0.6 is 0 Å². The van der Waals surface area contributed by atoms with Gasteiger partial charge < -0.3 is 14.5 Å². The normalized spacial score (nSPS) is 15.1. The molecule has 2 heterocycles. The summed E-state index contributed by atoms with van der Waals surface area (Å²) in [7, 11) is 0. The molecule has 0 atom stereocenters. The smallest absolute Gasteiger partial charge is 0.303 e. The number of nitriles is 2. The number of ether oxygens (including phenoxy) is 1. The van der Waals surface area contributed by atoms with E-state index < -0.39 is 11.9 Å². The lowest BCUT2D eigenvalue weighted by molar-refractivity contribution is -0.142. The molecule has 0 unspecified atom stereocenters. The van der Waals surface area contributed by atoms with Gasteiger partial charge in [0.1, 0.15) is 18.1 Å². The highest BCUT2D eigenvalue weighted by atomic mass is 16.5. The summed E-state index contributed by atoms with van der Waals surface area (Å²) in [6, 6.07) is 7.64. The molecule has 2 rings (SSSR count). The summed E-state index contributed by atoms with van der Waals surface area (Å²) in [5.41, 5.74) is 2.27.